The number of aromatic nitrogens is 3. The van der Waals surface area contributed by atoms with Crippen LogP contribution in [-0.2, 0) is 6.42 Å². The maximum absolute atomic E-state index is 13.3. The molecule has 2 heterocycles. The van der Waals surface area contributed by atoms with Gasteiger partial charge in [0, 0.05) is 11.8 Å². The number of thioether (sulfide) groups is 1. The fourth-order valence-electron chi connectivity index (χ4n) is 3.47. The molecule has 0 fully saturated rings. The van der Waals surface area contributed by atoms with Crippen molar-refractivity contribution in [2.75, 3.05) is 6.26 Å². The predicted molar refractivity (Wildman–Crippen MR) is 118 cm³/mol. The van der Waals surface area contributed by atoms with Crippen LogP contribution in [0.5, 0.6) is 0 Å². The zero-order valence-corrected chi connectivity index (χ0v) is 18.0. The number of rotatable bonds is 5. The number of hydrogen-bond acceptors (Lipinski definition) is 5. The Morgan fingerprint density at radius 2 is 1.69 bits per heavy atom. The van der Waals surface area contributed by atoms with E-state index in [1.54, 1.807) is 43.5 Å². The second-order valence-corrected chi connectivity index (χ2v) is 7.84. The average molecular weight is 457 g/mol. The summed E-state index contributed by atoms with van der Waals surface area (Å²) in [7, 11) is 0. The zero-order valence-electron chi connectivity index (χ0n) is 17.2. The van der Waals surface area contributed by atoms with Gasteiger partial charge in [-0.2, -0.15) is 0 Å². The van der Waals surface area contributed by atoms with Crippen molar-refractivity contribution in [2.45, 2.75) is 24.9 Å². The van der Waals surface area contributed by atoms with Gasteiger partial charge in [-0.3, -0.25) is 4.79 Å². The van der Waals surface area contributed by atoms with Crippen LogP contribution in [0.4, 0.5) is 13.2 Å². The minimum Gasteiger partial charge on any atom is -0.308 e. The molecule has 0 aliphatic carbocycles. The van der Waals surface area contributed by atoms with Crippen LogP contribution in [0.3, 0.4) is 0 Å². The first kappa shape index (κ1) is 21.9. The first-order chi connectivity index (χ1) is 15.3. The van der Waals surface area contributed by atoms with Crippen molar-refractivity contribution in [3.05, 3.63) is 87.8 Å². The Morgan fingerprint density at radius 3 is 2.34 bits per heavy atom. The normalized spacial score (nSPS) is 11.7. The van der Waals surface area contributed by atoms with E-state index in [1.165, 1.54) is 11.8 Å². The van der Waals surface area contributed by atoms with Gasteiger partial charge in [0.1, 0.15) is 0 Å². The van der Waals surface area contributed by atoms with Crippen molar-refractivity contribution in [2.24, 2.45) is 0 Å². The van der Waals surface area contributed by atoms with Gasteiger partial charge < -0.3 is 4.84 Å². The molecule has 0 saturated carbocycles. The molecule has 5 nitrogen and oxygen atoms in total. The summed E-state index contributed by atoms with van der Waals surface area (Å²) in [4.78, 5) is 26.0. The number of pyridine rings is 1. The summed E-state index contributed by atoms with van der Waals surface area (Å²) in [5, 5.41) is 0.555. The molecule has 0 atom stereocenters. The lowest BCUT2D eigenvalue weighted by atomic mass is 9.99. The molecule has 164 valence electrons. The Morgan fingerprint density at radius 1 is 1.00 bits per heavy atom. The van der Waals surface area contributed by atoms with Gasteiger partial charge in [-0.25, -0.2) is 9.97 Å². The summed E-state index contributed by atoms with van der Waals surface area (Å²) in [5.74, 6) is 0. The number of nitrogens with zero attached hydrogens (tertiary/aromatic N) is 3. The van der Waals surface area contributed by atoms with Crippen molar-refractivity contribution in [1.29, 1.82) is 0 Å². The Kier molecular flexibility index (Phi) is 5.92. The van der Waals surface area contributed by atoms with E-state index in [4.69, 9.17) is 0 Å². The van der Waals surface area contributed by atoms with Gasteiger partial charge in [0.25, 0.3) is 5.56 Å². The Hall–Kier alpha value is -3.33. The topological polar surface area (TPSA) is 57.0 Å². The Bertz CT molecular complexity index is 1340. The molecule has 0 aliphatic heterocycles. The third kappa shape index (κ3) is 4.47. The van der Waals surface area contributed by atoms with E-state index in [2.05, 4.69) is 14.8 Å². The molecular formula is C23H18F3N3O2S. The number of aryl methyl sites for hydroxylation is 1. The molecule has 0 bridgehead atoms. The van der Waals surface area contributed by atoms with Crippen LogP contribution in [0.2, 0.25) is 0 Å². The maximum Gasteiger partial charge on any atom is 0.591 e. The minimum absolute atomic E-state index is 0.0784. The first-order valence-corrected chi connectivity index (χ1v) is 10.9. The number of fused-ring (bicyclic) bond motifs is 1. The van der Waals surface area contributed by atoms with Crippen LogP contribution in [0.25, 0.3) is 22.2 Å². The van der Waals surface area contributed by atoms with Gasteiger partial charge in [0.05, 0.1) is 11.3 Å². The van der Waals surface area contributed by atoms with Crippen molar-refractivity contribution < 1.29 is 18.0 Å². The molecule has 2 aromatic carbocycles. The van der Waals surface area contributed by atoms with Gasteiger partial charge in [-0.15, -0.1) is 17.9 Å². The molecule has 9 heteroatoms. The summed E-state index contributed by atoms with van der Waals surface area (Å²) in [6, 6.07) is 18.0. The van der Waals surface area contributed by atoms with Crippen molar-refractivity contribution in [1.82, 2.24) is 14.7 Å². The fourth-order valence-corrected chi connectivity index (χ4v) is 3.85. The second kappa shape index (κ2) is 8.66. The number of benzene rings is 2. The molecule has 0 aliphatic rings. The Balaban J connectivity index is 2.06. The molecule has 0 amide bonds. The third-order valence-corrected chi connectivity index (χ3v) is 5.45. The van der Waals surface area contributed by atoms with E-state index in [9.17, 15) is 18.0 Å². The van der Waals surface area contributed by atoms with Gasteiger partial charge >= 0.3 is 6.36 Å². The summed E-state index contributed by atoms with van der Waals surface area (Å²) in [5.41, 5.74) is 1.59. The lowest BCUT2D eigenvalue weighted by Crippen LogP contribution is -2.37. The van der Waals surface area contributed by atoms with Crippen LogP contribution in [-0.4, -0.2) is 27.3 Å². The van der Waals surface area contributed by atoms with Crippen LogP contribution in [0, 0.1) is 6.92 Å². The summed E-state index contributed by atoms with van der Waals surface area (Å²) >= 11 is 1.17. The average Bonchev–Trinajstić information content (AvgIpc) is 2.76. The smallest absolute Gasteiger partial charge is 0.308 e. The molecule has 0 radical (unpaired) electrons. The highest BCUT2D eigenvalue weighted by molar-refractivity contribution is 7.98. The molecule has 32 heavy (non-hydrogen) atoms. The van der Waals surface area contributed by atoms with Gasteiger partial charge in [-0.1, -0.05) is 66.4 Å². The first-order valence-electron chi connectivity index (χ1n) is 9.63. The lowest BCUT2D eigenvalue weighted by Gasteiger charge is -2.17. The highest BCUT2D eigenvalue weighted by Crippen LogP contribution is 2.28. The summed E-state index contributed by atoms with van der Waals surface area (Å²) < 4.78 is 40.0. The molecule has 0 unspecified atom stereocenters. The van der Waals surface area contributed by atoms with Crippen molar-refractivity contribution in [3.63, 3.8) is 0 Å². The summed E-state index contributed by atoms with van der Waals surface area (Å²) in [6.45, 7) is 1.78. The van der Waals surface area contributed by atoms with Crippen molar-refractivity contribution in [3.8, 4) is 11.1 Å². The number of halogens is 3. The van der Waals surface area contributed by atoms with Crippen molar-refractivity contribution >= 4 is 22.8 Å². The number of alkyl halides is 3. The second-order valence-electron chi connectivity index (χ2n) is 7.07. The standard InChI is InChI=1S/C23H18F3N3O2S/c1-14-8-6-7-11-16(14)17-13-18-19(12-15-9-4-3-5-10-15)27-22(32-2)28-20(18)29(21(17)30)31-23(24,25)26/h3-11,13H,12H2,1-2H3. The minimum atomic E-state index is -5.08. The molecule has 0 N–H and O–H groups in total. The quantitative estimate of drug-likeness (QED) is 0.311. The van der Waals surface area contributed by atoms with Crippen LogP contribution in [0.15, 0.2) is 70.6 Å². The molecule has 0 saturated heterocycles. The van der Waals surface area contributed by atoms with E-state index in [0.29, 0.717) is 23.1 Å². The predicted octanol–water partition coefficient (Wildman–Crippen LogP) is 5.03. The number of hydrogen-bond donors (Lipinski definition) is 0. The van der Waals surface area contributed by atoms with E-state index in [-0.39, 0.29) is 21.1 Å². The van der Waals surface area contributed by atoms with Gasteiger partial charge in [0.2, 0.25) is 0 Å². The fraction of sp³-hybridized carbons (Fsp3) is 0.174. The van der Waals surface area contributed by atoms with E-state index in [1.807, 2.05) is 30.3 Å². The molecule has 4 rings (SSSR count). The molecule has 4 aromatic rings. The molecule has 0 spiro atoms. The van der Waals surface area contributed by atoms with E-state index < -0.39 is 11.9 Å². The van der Waals surface area contributed by atoms with E-state index in [0.717, 1.165) is 11.1 Å². The SMILES string of the molecule is CSc1nc(Cc2ccccc2)c2cc(-c3ccccc3C)c(=O)n(OC(F)(F)F)c2n1. The van der Waals surface area contributed by atoms with Crippen LogP contribution in [0.1, 0.15) is 16.8 Å². The molecular weight excluding hydrogens is 439 g/mol. The maximum atomic E-state index is 13.3. The summed E-state index contributed by atoms with van der Waals surface area (Å²) in [6.07, 6.45) is -3.02. The van der Waals surface area contributed by atoms with Crippen LogP contribution >= 0.6 is 11.8 Å². The largest absolute Gasteiger partial charge is 0.591 e. The monoisotopic (exact) mass is 457 g/mol. The third-order valence-electron chi connectivity index (χ3n) is 4.91. The van der Waals surface area contributed by atoms with E-state index >= 15 is 0 Å². The molecule has 2 aromatic heterocycles. The van der Waals surface area contributed by atoms with Crippen LogP contribution < -0.4 is 10.4 Å². The zero-order chi connectivity index (χ0) is 22.9. The highest BCUT2D eigenvalue weighted by Gasteiger charge is 2.34. The Labute approximate surface area is 185 Å². The lowest BCUT2D eigenvalue weighted by molar-refractivity contribution is -0.322. The van der Waals surface area contributed by atoms with Gasteiger partial charge in [0.15, 0.2) is 10.8 Å². The highest BCUT2D eigenvalue weighted by atomic mass is 32.2. The van der Waals surface area contributed by atoms with Gasteiger partial charge in [-0.05, 0) is 35.9 Å².